The highest BCUT2D eigenvalue weighted by Gasteiger charge is 2.34. The number of nitrogens with one attached hydrogen (secondary N) is 2. The van der Waals surface area contributed by atoms with Crippen LogP contribution in [0.25, 0.3) is 0 Å². The van der Waals surface area contributed by atoms with E-state index < -0.39 is 29.6 Å². The molecule has 5 amide bonds. The Hall–Kier alpha value is -4.54. The van der Waals surface area contributed by atoms with E-state index in [-0.39, 0.29) is 36.0 Å². The summed E-state index contributed by atoms with van der Waals surface area (Å²) in [7, 11) is 1.46. The molecule has 0 radical (unpaired) electrons. The summed E-state index contributed by atoms with van der Waals surface area (Å²) in [6.45, 7) is 0.352. The molecule has 1 aliphatic heterocycles. The van der Waals surface area contributed by atoms with E-state index in [0.29, 0.717) is 5.69 Å². The van der Waals surface area contributed by atoms with Gasteiger partial charge in [0.15, 0.2) is 11.6 Å². The molecule has 4 rings (SSSR count). The third-order valence-corrected chi connectivity index (χ3v) is 4.99. The molecule has 34 heavy (non-hydrogen) atoms. The maximum absolute atomic E-state index is 14.6. The largest absolute Gasteiger partial charge is 0.454 e. The molecule has 11 heteroatoms. The lowest BCUT2D eigenvalue weighted by molar-refractivity contribution is 0.0957. The lowest BCUT2D eigenvalue weighted by atomic mass is 10.2. The fraction of sp³-hybridized carbons (Fsp3) is 0.130. The van der Waals surface area contributed by atoms with Gasteiger partial charge in [-0.25, -0.2) is 23.3 Å². The van der Waals surface area contributed by atoms with Gasteiger partial charge in [0, 0.05) is 43.3 Å². The van der Waals surface area contributed by atoms with E-state index in [1.54, 1.807) is 0 Å². The number of ether oxygens (including phenoxy) is 1. The minimum absolute atomic E-state index is 0.106. The Kier molecular flexibility index (Phi) is 6.35. The first-order chi connectivity index (χ1) is 16.4. The van der Waals surface area contributed by atoms with Gasteiger partial charge in [-0.05, 0) is 42.5 Å². The number of hydrogen-bond acceptors (Lipinski definition) is 5. The molecule has 1 saturated heterocycles. The van der Waals surface area contributed by atoms with E-state index in [0.717, 1.165) is 11.0 Å². The van der Waals surface area contributed by atoms with Crippen molar-refractivity contribution in [1.29, 1.82) is 0 Å². The number of carbonyl (C=O) groups is 3. The summed E-state index contributed by atoms with van der Waals surface area (Å²) in [5, 5.41) is 4.91. The van der Waals surface area contributed by atoms with Crippen molar-refractivity contribution in [2.24, 2.45) is 0 Å². The number of urea groups is 2. The van der Waals surface area contributed by atoms with E-state index >= 15 is 0 Å². The molecule has 0 aliphatic carbocycles. The lowest BCUT2D eigenvalue weighted by Gasteiger charge is -2.18. The van der Waals surface area contributed by atoms with Gasteiger partial charge in [0.05, 0.1) is 6.54 Å². The van der Waals surface area contributed by atoms with Crippen LogP contribution in [0, 0.1) is 11.6 Å². The summed E-state index contributed by atoms with van der Waals surface area (Å²) >= 11 is 0. The minimum Gasteiger partial charge on any atom is -0.454 e. The van der Waals surface area contributed by atoms with Gasteiger partial charge in [-0.1, -0.05) is 0 Å². The second-order valence-corrected chi connectivity index (χ2v) is 7.20. The van der Waals surface area contributed by atoms with Crippen LogP contribution in [0.3, 0.4) is 0 Å². The van der Waals surface area contributed by atoms with Crippen molar-refractivity contribution in [1.82, 2.24) is 15.2 Å². The molecule has 0 spiro atoms. The van der Waals surface area contributed by atoms with E-state index in [1.807, 2.05) is 0 Å². The molecule has 2 aromatic carbocycles. The molecule has 2 N–H and O–H groups in total. The van der Waals surface area contributed by atoms with Crippen LogP contribution in [0.15, 0.2) is 60.8 Å². The molecule has 9 nitrogen and oxygen atoms in total. The fourth-order valence-corrected chi connectivity index (χ4v) is 3.29. The van der Waals surface area contributed by atoms with Crippen molar-refractivity contribution in [3.8, 4) is 11.5 Å². The molecule has 1 aliphatic rings. The number of hydrogen-bond donors (Lipinski definition) is 2. The zero-order valence-electron chi connectivity index (χ0n) is 17.9. The number of rotatable bonds is 5. The summed E-state index contributed by atoms with van der Waals surface area (Å²) in [6, 6.07) is 10.6. The van der Waals surface area contributed by atoms with Gasteiger partial charge in [-0.2, -0.15) is 0 Å². The topological polar surface area (TPSA) is 104 Å². The number of imide groups is 1. The predicted molar refractivity (Wildman–Crippen MR) is 119 cm³/mol. The molecule has 0 unspecified atom stereocenters. The molecular formula is C23H19F2N5O4. The molecule has 1 fully saturated rings. The lowest BCUT2D eigenvalue weighted by Crippen LogP contribution is -2.39. The van der Waals surface area contributed by atoms with Gasteiger partial charge in [0.2, 0.25) is 0 Å². The van der Waals surface area contributed by atoms with Crippen LogP contribution in [0.5, 0.6) is 11.5 Å². The number of amides is 5. The van der Waals surface area contributed by atoms with Gasteiger partial charge < -0.3 is 15.4 Å². The Balaban J connectivity index is 1.41. The summed E-state index contributed by atoms with van der Waals surface area (Å²) in [5.41, 5.74) is 0.683. The van der Waals surface area contributed by atoms with Crippen molar-refractivity contribution < 1.29 is 27.9 Å². The van der Waals surface area contributed by atoms with Crippen LogP contribution in [-0.4, -0.2) is 48.0 Å². The number of aromatic nitrogens is 1. The Bertz CT molecular complexity index is 1250. The number of pyridine rings is 1. The molecule has 2 heterocycles. The predicted octanol–water partition coefficient (Wildman–Crippen LogP) is 3.99. The van der Waals surface area contributed by atoms with Gasteiger partial charge in [0.1, 0.15) is 17.3 Å². The van der Waals surface area contributed by atoms with Gasteiger partial charge in [0.25, 0.3) is 5.91 Å². The van der Waals surface area contributed by atoms with Crippen LogP contribution in [-0.2, 0) is 0 Å². The van der Waals surface area contributed by atoms with Gasteiger partial charge in [-0.3, -0.25) is 14.7 Å². The van der Waals surface area contributed by atoms with Crippen molar-refractivity contribution in [3.63, 3.8) is 0 Å². The highest BCUT2D eigenvalue weighted by atomic mass is 19.1. The second kappa shape index (κ2) is 9.53. The van der Waals surface area contributed by atoms with Crippen LogP contribution >= 0.6 is 0 Å². The summed E-state index contributed by atoms with van der Waals surface area (Å²) < 4.78 is 33.2. The molecular weight excluding hydrogens is 448 g/mol. The summed E-state index contributed by atoms with van der Waals surface area (Å²) in [5.74, 6) is -1.55. The van der Waals surface area contributed by atoms with Crippen LogP contribution < -0.4 is 20.3 Å². The van der Waals surface area contributed by atoms with Crippen molar-refractivity contribution in [2.45, 2.75) is 0 Å². The summed E-state index contributed by atoms with van der Waals surface area (Å²) in [6.07, 6.45) is 1.36. The van der Waals surface area contributed by atoms with Crippen LogP contribution in [0.4, 0.5) is 29.7 Å². The normalized spacial score (nSPS) is 13.1. The average Bonchev–Trinajstić information content (AvgIpc) is 3.22. The Morgan fingerprint density at radius 2 is 1.79 bits per heavy atom. The number of carbonyl (C=O) groups excluding carboxylic acids is 3. The third kappa shape index (κ3) is 4.77. The van der Waals surface area contributed by atoms with Crippen molar-refractivity contribution >= 4 is 29.3 Å². The first-order valence-corrected chi connectivity index (χ1v) is 10.2. The summed E-state index contributed by atoms with van der Waals surface area (Å²) in [4.78, 5) is 43.1. The highest BCUT2D eigenvalue weighted by Crippen LogP contribution is 2.27. The Morgan fingerprint density at radius 1 is 1.03 bits per heavy atom. The van der Waals surface area contributed by atoms with E-state index in [2.05, 4.69) is 15.6 Å². The maximum atomic E-state index is 14.6. The number of anilines is 2. The average molecular weight is 467 g/mol. The van der Waals surface area contributed by atoms with E-state index in [9.17, 15) is 23.2 Å². The zero-order valence-corrected chi connectivity index (χ0v) is 17.9. The Morgan fingerprint density at radius 3 is 2.50 bits per heavy atom. The van der Waals surface area contributed by atoms with Gasteiger partial charge >= 0.3 is 12.1 Å². The fourth-order valence-electron chi connectivity index (χ4n) is 3.29. The van der Waals surface area contributed by atoms with Crippen molar-refractivity contribution in [3.05, 3.63) is 78.1 Å². The first kappa shape index (κ1) is 22.6. The minimum atomic E-state index is -0.767. The Labute approximate surface area is 192 Å². The molecule has 0 atom stereocenters. The standard InChI is InChI=1S/C23H19F2N5O4/c1-26-21(31)19-13-17(8-9-27-19)34-20-7-4-15(12-18(20)25)28-22(32)30-11-10-29(23(30)33)16-5-2-14(24)3-6-16/h2-9,12-13H,10-11H2,1H3,(H,26,31)(H,28,32). The van der Waals surface area contributed by atoms with E-state index in [1.165, 1.54) is 66.7 Å². The SMILES string of the molecule is CNC(=O)c1cc(Oc2ccc(NC(=O)N3CCN(c4ccc(F)cc4)C3=O)cc2F)ccn1. The van der Waals surface area contributed by atoms with Crippen LogP contribution in [0.2, 0.25) is 0 Å². The molecule has 174 valence electrons. The number of benzene rings is 2. The monoisotopic (exact) mass is 467 g/mol. The van der Waals surface area contributed by atoms with Crippen LogP contribution in [0.1, 0.15) is 10.5 Å². The molecule has 0 saturated carbocycles. The quantitative estimate of drug-likeness (QED) is 0.591. The molecule has 3 aromatic rings. The number of nitrogens with zero attached hydrogens (tertiary/aromatic N) is 3. The second-order valence-electron chi connectivity index (χ2n) is 7.20. The number of halogens is 2. The van der Waals surface area contributed by atoms with Gasteiger partial charge in [-0.15, -0.1) is 0 Å². The molecule has 1 aromatic heterocycles. The third-order valence-electron chi connectivity index (χ3n) is 4.99. The first-order valence-electron chi connectivity index (χ1n) is 10.2. The highest BCUT2D eigenvalue weighted by molar-refractivity contribution is 6.08. The van der Waals surface area contributed by atoms with Crippen molar-refractivity contribution in [2.75, 3.05) is 30.4 Å². The zero-order chi connectivity index (χ0) is 24.2. The van der Waals surface area contributed by atoms with E-state index in [4.69, 9.17) is 4.74 Å². The maximum Gasteiger partial charge on any atom is 0.332 e. The smallest absolute Gasteiger partial charge is 0.332 e. The molecule has 0 bridgehead atoms.